The molecule has 0 amide bonds. The van der Waals surface area contributed by atoms with Gasteiger partial charge in [0.1, 0.15) is 23.0 Å². The van der Waals surface area contributed by atoms with E-state index in [1.54, 1.807) is 0 Å². The van der Waals surface area contributed by atoms with Gasteiger partial charge in [-0.15, -0.1) is 0 Å². The Bertz CT molecular complexity index is 1290. The van der Waals surface area contributed by atoms with E-state index in [4.69, 9.17) is 9.47 Å². The molecule has 3 aromatic rings. The van der Waals surface area contributed by atoms with Crippen LogP contribution in [0.5, 0.6) is 5.75 Å². The number of carbonyl (C=O) groups is 1. The SMILES string of the molecule is COC(=O)CC1CCC(N2CC=C(c3cc4c(-c5cc(F)ccc5OC)c(F)cnc4[nH]3)CC2)CC1. The molecule has 3 heterocycles. The molecule has 1 saturated carbocycles. The Morgan fingerprint density at radius 2 is 1.97 bits per heavy atom. The first-order chi connectivity index (χ1) is 17.5. The first-order valence-corrected chi connectivity index (χ1v) is 12.5. The Balaban J connectivity index is 1.34. The van der Waals surface area contributed by atoms with E-state index in [1.165, 1.54) is 38.0 Å². The predicted octanol–water partition coefficient (Wildman–Crippen LogP) is 5.73. The van der Waals surface area contributed by atoms with E-state index in [1.807, 2.05) is 6.07 Å². The normalized spacial score (nSPS) is 20.8. The summed E-state index contributed by atoms with van der Waals surface area (Å²) in [5.41, 5.74) is 3.27. The van der Waals surface area contributed by atoms with Crippen LogP contribution in [0.1, 0.15) is 44.2 Å². The van der Waals surface area contributed by atoms with E-state index in [0.717, 1.165) is 57.1 Å². The van der Waals surface area contributed by atoms with Gasteiger partial charge in [-0.05, 0) is 67.9 Å². The molecule has 1 fully saturated rings. The topological polar surface area (TPSA) is 67.4 Å². The number of esters is 1. The maximum atomic E-state index is 15.0. The van der Waals surface area contributed by atoms with Crippen LogP contribution in [0.2, 0.25) is 0 Å². The van der Waals surface area contributed by atoms with E-state index >= 15 is 0 Å². The fourth-order valence-electron chi connectivity index (χ4n) is 5.67. The number of benzene rings is 1. The molecule has 2 aromatic heterocycles. The van der Waals surface area contributed by atoms with Gasteiger partial charge in [-0.25, -0.2) is 13.8 Å². The summed E-state index contributed by atoms with van der Waals surface area (Å²) in [7, 11) is 2.93. The molecule has 1 N–H and O–H groups in total. The summed E-state index contributed by atoms with van der Waals surface area (Å²) in [5.74, 6) is -0.270. The molecule has 6 nitrogen and oxygen atoms in total. The van der Waals surface area contributed by atoms with Crippen LogP contribution in [0, 0.1) is 17.6 Å². The quantitative estimate of drug-likeness (QED) is 0.443. The van der Waals surface area contributed by atoms with Crippen LogP contribution in [-0.4, -0.2) is 54.2 Å². The number of hydrogen-bond acceptors (Lipinski definition) is 5. The number of ether oxygens (including phenoxy) is 2. The minimum absolute atomic E-state index is 0.115. The third-order valence-electron chi connectivity index (χ3n) is 7.65. The molecular formula is C28H31F2N3O3. The van der Waals surface area contributed by atoms with Gasteiger partial charge in [0.25, 0.3) is 0 Å². The summed E-state index contributed by atoms with van der Waals surface area (Å²) in [4.78, 5) is 21.7. The molecule has 0 spiro atoms. The minimum Gasteiger partial charge on any atom is -0.496 e. The molecule has 0 bridgehead atoms. The standard InChI is InChI=1S/C28H31F2N3O3/c1-35-25-8-5-19(29)14-21(25)27-22-15-24(32-28(22)31-16-23(27)30)18-9-11-33(12-10-18)20-6-3-17(4-7-20)13-26(34)36-2/h5,8-9,14-17,20H,3-4,6-7,10-13H2,1-2H3,(H,31,32). The van der Waals surface area contributed by atoms with Crippen LogP contribution in [0.25, 0.3) is 27.7 Å². The van der Waals surface area contributed by atoms with Gasteiger partial charge in [0.15, 0.2) is 0 Å². The van der Waals surface area contributed by atoms with Gasteiger partial charge in [-0.2, -0.15) is 0 Å². The van der Waals surface area contributed by atoms with E-state index in [2.05, 4.69) is 20.9 Å². The first kappa shape index (κ1) is 24.4. The van der Waals surface area contributed by atoms with Crippen molar-refractivity contribution < 1.29 is 23.0 Å². The molecule has 190 valence electrons. The van der Waals surface area contributed by atoms with Crippen molar-refractivity contribution in [3.63, 3.8) is 0 Å². The summed E-state index contributed by atoms with van der Waals surface area (Å²) in [6.45, 7) is 1.79. The molecule has 5 rings (SSSR count). The second-order valence-electron chi connectivity index (χ2n) is 9.70. The van der Waals surface area contributed by atoms with Gasteiger partial charge in [0, 0.05) is 47.8 Å². The van der Waals surface area contributed by atoms with Crippen LogP contribution in [0.3, 0.4) is 0 Å². The highest BCUT2D eigenvalue weighted by Gasteiger charge is 2.28. The van der Waals surface area contributed by atoms with Gasteiger partial charge in [-0.3, -0.25) is 9.69 Å². The van der Waals surface area contributed by atoms with Crippen LogP contribution >= 0.6 is 0 Å². The molecule has 1 aliphatic carbocycles. The van der Waals surface area contributed by atoms with Crippen molar-refractivity contribution in [3.8, 4) is 16.9 Å². The molecular weight excluding hydrogens is 464 g/mol. The highest BCUT2D eigenvalue weighted by Crippen LogP contribution is 2.39. The Hall–Kier alpha value is -3.26. The summed E-state index contributed by atoms with van der Waals surface area (Å²) < 4.78 is 39.2. The number of H-pyrrole nitrogens is 1. The number of methoxy groups -OCH3 is 2. The monoisotopic (exact) mass is 495 g/mol. The van der Waals surface area contributed by atoms with Crippen molar-refractivity contribution in [3.05, 3.63) is 53.9 Å². The molecule has 36 heavy (non-hydrogen) atoms. The molecule has 0 radical (unpaired) electrons. The number of halogens is 2. The summed E-state index contributed by atoms with van der Waals surface area (Å²) in [6.07, 6.45) is 9.08. The van der Waals surface area contributed by atoms with Crippen molar-refractivity contribution in [1.29, 1.82) is 0 Å². The molecule has 1 aliphatic heterocycles. The highest BCUT2D eigenvalue weighted by molar-refractivity contribution is 5.97. The van der Waals surface area contributed by atoms with E-state index in [9.17, 15) is 13.6 Å². The second kappa shape index (κ2) is 10.4. The zero-order chi connectivity index (χ0) is 25.2. The third-order valence-corrected chi connectivity index (χ3v) is 7.65. The number of nitrogens with zero attached hydrogens (tertiary/aromatic N) is 2. The van der Waals surface area contributed by atoms with Gasteiger partial charge in [0.05, 0.1) is 20.4 Å². The Morgan fingerprint density at radius 1 is 1.17 bits per heavy atom. The molecule has 0 atom stereocenters. The summed E-state index contributed by atoms with van der Waals surface area (Å²) in [5, 5.41) is 0.598. The first-order valence-electron chi connectivity index (χ1n) is 12.5. The smallest absolute Gasteiger partial charge is 0.305 e. The number of aromatic nitrogens is 2. The van der Waals surface area contributed by atoms with Crippen molar-refractivity contribution >= 4 is 22.6 Å². The average molecular weight is 496 g/mol. The summed E-state index contributed by atoms with van der Waals surface area (Å²) in [6, 6.07) is 6.53. The van der Waals surface area contributed by atoms with Crippen molar-refractivity contribution in [2.75, 3.05) is 27.3 Å². The van der Waals surface area contributed by atoms with Gasteiger partial charge >= 0.3 is 5.97 Å². The number of pyridine rings is 1. The third kappa shape index (κ3) is 4.87. The number of hydrogen-bond donors (Lipinski definition) is 1. The largest absolute Gasteiger partial charge is 0.496 e. The lowest BCUT2D eigenvalue weighted by Gasteiger charge is -2.38. The predicted molar refractivity (Wildman–Crippen MR) is 135 cm³/mol. The number of fused-ring (bicyclic) bond motifs is 1. The summed E-state index contributed by atoms with van der Waals surface area (Å²) >= 11 is 0. The van der Waals surface area contributed by atoms with E-state index in [0.29, 0.717) is 40.7 Å². The van der Waals surface area contributed by atoms with Crippen molar-refractivity contribution in [2.24, 2.45) is 5.92 Å². The van der Waals surface area contributed by atoms with Crippen LogP contribution < -0.4 is 4.74 Å². The molecule has 8 heteroatoms. The van der Waals surface area contributed by atoms with Crippen molar-refractivity contribution in [2.45, 2.75) is 44.6 Å². The second-order valence-corrected chi connectivity index (χ2v) is 9.70. The molecule has 0 saturated heterocycles. The lowest BCUT2D eigenvalue weighted by atomic mass is 9.83. The molecule has 0 unspecified atom stereocenters. The number of rotatable bonds is 6. The lowest BCUT2D eigenvalue weighted by molar-refractivity contribution is -0.142. The lowest BCUT2D eigenvalue weighted by Crippen LogP contribution is -2.40. The zero-order valence-corrected chi connectivity index (χ0v) is 20.7. The van der Waals surface area contributed by atoms with Crippen LogP contribution in [0.15, 0.2) is 36.5 Å². The maximum absolute atomic E-state index is 15.0. The number of nitrogens with one attached hydrogen (secondary N) is 1. The van der Waals surface area contributed by atoms with Crippen LogP contribution in [-0.2, 0) is 9.53 Å². The van der Waals surface area contributed by atoms with Crippen molar-refractivity contribution in [1.82, 2.24) is 14.9 Å². The Kier molecular flexibility index (Phi) is 7.05. The van der Waals surface area contributed by atoms with E-state index in [-0.39, 0.29) is 11.5 Å². The fraction of sp³-hybridized carbons (Fsp3) is 0.429. The van der Waals surface area contributed by atoms with Gasteiger partial charge < -0.3 is 14.5 Å². The number of aromatic amines is 1. The van der Waals surface area contributed by atoms with E-state index < -0.39 is 11.6 Å². The molecule has 1 aromatic carbocycles. The Labute approximate surface area is 209 Å². The maximum Gasteiger partial charge on any atom is 0.305 e. The highest BCUT2D eigenvalue weighted by atomic mass is 19.1. The molecule has 2 aliphatic rings. The average Bonchev–Trinajstić information content (AvgIpc) is 3.33. The van der Waals surface area contributed by atoms with Gasteiger partial charge in [-0.1, -0.05) is 6.08 Å². The van der Waals surface area contributed by atoms with Crippen LogP contribution in [0.4, 0.5) is 8.78 Å². The fourth-order valence-corrected chi connectivity index (χ4v) is 5.67. The van der Waals surface area contributed by atoms with Gasteiger partial charge in [0.2, 0.25) is 0 Å². The number of carbonyl (C=O) groups excluding carboxylic acids is 1. The zero-order valence-electron chi connectivity index (χ0n) is 20.7. The minimum atomic E-state index is -0.524. The Morgan fingerprint density at radius 3 is 2.67 bits per heavy atom.